The molecule has 0 aliphatic rings. The normalized spacial score (nSPS) is 17.0. The molecule has 0 aliphatic heterocycles. The van der Waals surface area contributed by atoms with E-state index >= 15 is 0 Å². The molecular formula is C21H2Br44O3S. The zero-order valence-corrected chi connectivity index (χ0v) is 99.5. The lowest BCUT2D eigenvalue weighted by Crippen LogP contribution is -2.74. The number of hydrogen-bond donors (Lipinski definition) is 2. The minimum atomic E-state index is -3.12. The molecule has 0 amide bonds. The van der Waals surface area contributed by atoms with Gasteiger partial charge in [-0.2, -0.15) is 0 Å². The van der Waals surface area contributed by atoms with E-state index in [1.54, 1.807) is 0 Å². The van der Waals surface area contributed by atoms with E-state index in [0.717, 1.165) is 0 Å². The van der Waals surface area contributed by atoms with Gasteiger partial charge in [0.15, 0.2) is 4.29 Å². The van der Waals surface area contributed by atoms with Crippen LogP contribution in [-0.2, 0) is 11.0 Å². The zero-order chi connectivity index (χ0) is 58.1. The third-order valence-corrected chi connectivity index (χ3v) is 101. The summed E-state index contributed by atoms with van der Waals surface area (Å²) in [5, 5.41) is 0. The van der Waals surface area contributed by atoms with Gasteiger partial charge in [-0.15, -0.1) is 0 Å². The second-order valence-corrected chi connectivity index (χ2v) is 91.6. The Morgan fingerprint density at radius 3 is 0.246 bits per heavy atom. The van der Waals surface area contributed by atoms with Gasteiger partial charge >= 0.3 is 0 Å². The Hall–Kier alpha value is 21.0. The first-order valence-electron chi connectivity index (χ1n) is 13.9. The molecule has 0 spiro atoms. The lowest BCUT2D eigenvalue weighted by atomic mass is 10.0. The zero-order valence-electron chi connectivity index (χ0n) is 28.8. The van der Waals surface area contributed by atoms with Crippen LogP contribution in [0, 0.1) is 0 Å². The van der Waals surface area contributed by atoms with Gasteiger partial charge in [-0.3, -0.25) is 4.55 Å². The molecule has 0 radical (unpaired) electrons. The van der Waals surface area contributed by atoms with Gasteiger partial charge in [0.2, 0.25) is 0 Å². The molecule has 0 heterocycles. The first-order chi connectivity index (χ1) is 28.7. The van der Waals surface area contributed by atoms with Crippen LogP contribution in [0.15, 0.2) is 0 Å². The average Bonchev–Trinajstić information content (AvgIpc) is 3.08. The topological polar surface area (TPSA) is 54.4 Å². The number of thiol groups is 1. The Labute approximate surface area is 770 Å². The Morgan fingerprint density at radius 1 is 0.159 bits per heavy atom. The van der Waals surface area contributed by atoms with Gasteiger partial charge in [0.25, 0.3) is 11.0 Å². The molecule has 0 aliphatic carbocycles. The highest BCUT2D eigenvalue weighted by Crippen LogP contribution is 2.85. The number of halogens is 44. The number of alkyl halides is 44. The first-order valence-corrected chi connectivity index (χ1v) is 49.9. The fourth-order valence-electron chi connectivity index (χ4n) is 3.71. The van der Waals surface area contributed by atoms with Gasteiger partial charge < -0.3 is 0 Å². The van der Waals surface area contributed by atoms with Gasteiger partial charge in [0.1, 0.15) is 61.4 Å². The van der Waals surface area contributed by atoms with Gasteiger partial charge in [-0.1, -0.05) is 701 Å². The summed E-state index contributed by atoms with van der Waals surface area (Å²) in [5.41, 5.74) is 0. The van der Waals surface area contributed by atoms with Crippen LogP contribution in [0.4, 0.5) is 0 Å². The van der Waals surface area contributed by atoms with Crippen molar-refractivity contribution >= 4 is 712 Å². The molecule has 0 saturated carbocycles. The molecule has 0 aromatic rings. The lowest BCUT2D eigenvalue weighted by molar-refractivity contribution is 0.509. The third kappa shape index (κ3) is 16.7. The minimum Gasteiger partial charge on any atom is -0.288 e. The van der Waals surface area contributed by atoms with Crippen molar-refractivity contribution in [1.82, 2.24) is 0 Å². The maximum atomic E-state index is 8.59. The second-order valence-electron chi connectivity index (χ2n) is 12.1. The average molecular weight is 3850 g/mol. The summed E-state index contributed by atoms with van der Waals surface area (Å²) >= 11 is 174. The molecule has 0 bridgehead atoms. The fourth-order valence-corrected chi connectivity index (χ4v) is 48.2. The van der Waals surface area contributed by atoms with Crippen molar-refractivity contribution in [2.75, 3.05) is 0 Å². The fraction of sp³-hybridized carbons (Fsp3) is 1.00. The Bertz CT molecular complexity index is 1780. The van der Waals surface area contributed by atoms with Crippen LogP contribution in [0.5, 0.6) is 0 Å². The van der Waals surface area contributed by atoms with Gasteiger partial charge in [-0.05, 0) is 0 Å². The van der Waals surface area contributed by atoms with E-state index in [1.165, 1.54) is 0 Å². The van der Waals surface area contributed by atoms with Gasteiger partial charge in [0.05, 0.1) is 0 Å². The van der Waals surface area contributed by atoms with E-state index in [0.29, 0.717) is 0 Å². The summed E-state index contributed by atoms with van der Waals surface area (Å²) in [6.45, 7) is 0. The van der Waals surface area contributed by atoms with Gasteiger partial charge in [-0.25, -0.2) is 8.42 Å². The van der Waals surface area contributed by atoms with E-state index in [-0.39, 0.29) is 0 Å². The van der Waals surface area contributed by atoms with Crippen LogP contribution < -0.4 is 0 Å². The van der Waals surface area contributed by atoms with Crippen molar-refractivity contribution in [1.29, 1.82) is 0 Å². The van der Waals surface area contributed by atoms with Crippen LogP contribution in [-0.4, -0.2) is 78.7 Å². The predicted molar refractivity (Wildman–Crippen MR) is 463 cm³/mol. The first kappa shape index (κ1) is 92.1. The maximum Gasteiger partial charge on any atom is 0.254 e. The Morgan fingerprint density at radius 2 is 0.203 bits per heavy atom. The molecule has 69 heavy (non-hydrogen) atoms. The SMILES string of the molecule is BrC(Br)(Br)C(Br)(Br)C(Br)(Br)C(Br)(Br)C(Br)(Br)C(Br)(Br)C(Br)(Br)C(Br)(Br)C(Br)(Br)C(Br)(Br)C(Br)(Br)C(Br)(Br)C(Br)(Br)C(Br)(Br)C(Br)(Br)C(Br)(Br)C(Br)(Br)C(Br)(Br)C(Br)(Br)C(Br)(Br)C(Br)(Br)Br.O=[SH](=O)O. The Kier molecular flexibility index (Phi) is 40.9. The molecular weight excluding hydrogens is 3850 g/mol. The highest BCUT2D eigenvalue weighted by atomic mass is 80.0. The summed E-state index contributed by atoms with van der Waals surface area (Å²) in [4.78, 5) is 0. The van der Waals surface area contributed by atoms with Crippen molar-refractivity contribution in [3.8, 4) is 0 Å². The molecule has 0 fully saturated rings. The predicted octanol–water partition coefficient (Wildman–Crippen LogP) is 32.0. The van der Waals surface area contributed by atoms with Crippen LogP contribution >= 0.6 is 701 Å². The molecule has 0 saturated heterocycles. The van der Waals surface area contributed by atoms with Crippen LogP contribution in [0.2, 0.25) is 0 Å². The largest absolute Gasteiger partial charge is 0.288 e. The summed E-state index contributed by atoms with van der Waals surface area (Å²) < 4.78 is -2.33. The van der Waals surface area contributed by atoms with Crippen LogP contribution in [0.3, 0.4) is 0 Å². The molecule has 48 heteroatoms. The summed E-state index contributed by atoms with van der Waals surface area (Å²) in [6, 6.07) is 0. The molecule has 0 unspecified atom stereocenters. The molecule has 0 atom stereocenters. The molecule has 3 nitrogen and oxygen atoms in total. The van der Waals surface area contributed by atoms with E-state index in [1.807, 2.05) is 0 Å². The van der Waals surface area contributed by atoms with E-state index < -0.39 is 76.7 Å². The van der Waals surface area contributed by atoms with E-state index in [9.17, 15) is 0 Å². The summed E-state index contributed by atoms with van der Waals surface area (Å²) in [6.07, 6.45) is 0. The number of hydrogen-bond acceptors (Lipinski definition) is 2. The van der Waals surface area contributed by atoms with Crippen molar-refractivity contribution in [2.45, 2.75) is 65.7 Å². The van der Waals surface area contributed by atoms with Crippen molar-refractivity contribution in [2.24, 2.45) is 0 Å². The molecule has 0 aromatic heterocycles. The number of rotatable bonds is 18. The molecule has 418 valence electrons. The smallest absolute Gasteiger partial charge is 0.254 e. The molecule has 0 aromatic carbocycles. The van der Waals surface area contributed by atoms with Crippen molar-refractivity contribution in [3.63, 3.8) is 0 Å². The van der Waals surface area contributed by atoms with Crippen LogP contribution in [0.1, 0.15) is 0 Å². The molecule has 1 N–H and O–H groups in total. The van der Waals surface area contributed by atoms with Crippen molar-refractivity contribution in [3.05, 3.63) is 0 Å². The van der Waals surface area contributed by atoms with E-state index in [2.05, 4.69) is 701 Å². The van der Waals surface area contributed by atoms with Crippen molar-refractivity contribution < 1.29 is 13.0 Å². The third-order valence-electron chi connectivity index (χ3n) is 7.81. The standard InChI is InChI=1S/C21Br44.H2O3S/c22-1(23,2(24,25)4(28,29)6(32,33)8(36,37)10(40,41)12(44,45)14(48,49)16(52,53)18(56,57)20(60,61)62)3(26,27)5(30,31)7(34,35)9(38,39)11(42,43)13(46,47)15(50,51)17(54,55)19(58,59)21(63,64)65;1-4(2)3/h;4H,(H,1,2,3). The Balaban J connectivity index is 0. The highest BCUT2D eigenvalue weighted by molar-refractivity contribution is 9.44. The summed E-state index contributed by atoms with van der Waals surface area (Å²) in [7, 11) is -3.12. The highest BCUT2D eigenvalue weighted by Gasteiger charge is 2.85. The monoisotopic (exact) mass is 3810 g/mol. The van der Waals surface area contributed by atoms with Crippen LogP contribution in [0.25, 0.3) is 0 Å². The second kappa shape index (κ2) is 30.7. The van der Waals surface area contributed by atoms with Gasteiger partial charge in [0, 0.05) is 0 Å². The van der Waals surface area contributed by atoms with E-state index in [4.69, 9.17) is 13.0 Å². The molecule has 0 rings (SSSR count). The lowest BCUT2D eigenvalue weighted by Gasteiger charge is -2.63. The quantitative estimate of drug-likeness (QED) is 0.0817. The maximum absolute atomic E-state index is 8.59. The minimum absolute atomic E-state index is 0.930. The summed E-state index contributed by atoms with van der Waals surface area (Å²) in [5.74, 6) is 0.